The fourth-order valence-electron chi connectivity index (χ4n) is 3.26. The van der Waals surface area contributed by atoms with Gasteiger partial charge in [-0.2, -0.15) is 0 Å². The van der Waals surface area contributed by atoms with E-state index in [-0.39, 0.29) is 11.3 Å². The molecule has 1 aromatic heterocycles. The van der Waals surface area contributed by atoms with Gasteiger partial charge < -0.3 is 23.9 Å². The molecule has 1 amide bonds. The zero-order valence-electron chi connectivity index (χ0n) is 15.9. The van der Waals surface area contributed by atoms with Gasteiger partial charge in [0, 0.05) is 25.8 Å². The Balaban J connectivity index is 2.01. The number of benzene rings is 1. The van der Waals surface area contributed by atoms with Crippen LogP contribution in [0.3, 0.4) is 0 Å². The van der Waals surface area contributed by atoms with E-state index >= 15 is 0 Å². The number of amides is 1. The first kappa shape index (κ1) is 19.7. The summed E-state index contributed by atoms with van der Waals surface area (Å²) in [6.07, 6.45) is 2.03. The predicted molar refractivity (Wildman–Crippen MR) is 102 cm³/mol. The molecule has 7 heteroatoms. The highest BCUT2D eigenvalue weighted by Crippen LogP contribution is 2.39. The van der Waals surface area contributed by atoms with Crippen LogP contribution >= 0.6 is 0 Å². The lowest BCUT2D eigenvalue weighted by atomic mass is 9.99. The average molecular weight is 385 g/mol. The van der Waals surface area contributed by atoms with E-state index in [0.717, 1.165) is 0 Å². The molecule has 1 fully saturated rings. The molecule has 1 atom stereocenters. The molecule has 0 spiro atoms. The third kappa shape index (κ3) is 3.80. The molecule has 7 nitrogen and oxygen atoms in total. The minimum absolute atomic E-state index is 0.0153. The summed E-state index contributed by atoms with van der Waals surface area (Å²) in [7, 11) is 1.57. The fourth-order valence-corrected chi connectivity index (χ4v) is 3.26. The number of ketones is 1. The summed E-state index contributed by atoms with van der Waals surface area (Å²) in [5.41, 5.74) is 0.441. The first-order chi connectivity index (χ1) is 13.6. The lowest BCUT2D eigenvalue weighted by Gasteiger charge is -2.23. The highest BCUT2D eigenvalue weighted by Gasteiger charge is 2.47. The van der Waals surface area contributed by atoms with E-state index in [9.17, 15) is 14.7 Å². The maximum absolute atomic E-state index is 12.7. The van der Waals surface area contributed by atoms with Crippen LogP contribution in [0.1, 0.15) is 30.7 Å². The van der Waals surface area contributed by atoms with Crippen molar-refractivity contribution in [1.29, 1.82) is 0 Å². The first-order valence-corrected chi connectivity index (χ1v) is 9.12. The molecule has 1 aromatic carbocycles. The number of ether oxygens (including phenoxy) is 2. The number of hydrogen-bond acceptors (Lipinski definition) is 6. The van der Waals surface area contributed by atoms with E-state index in [1.165, 1.54) is 11.2 Å². The Morgan fingerprint density at radius 3 is 2.57 bits per heavy atom. The topological polar surface area (TPSA) is 89.2 Å². The number of aliphatic hydroxyl groups excluding tert-OH is 1. The minimum Gasteiger partial charge on any atom is -0.507 e. The van der Waals surface area contributed by atoms with Gasteiger partial charge in [0.2, 0.25) is 0 Å². The van der Waals surface area contributed by atoms with Gasteiger partial charge in [0.05, 0.1) is 18.4 Å². The van der Waals surface area contributed by atoms with Crippen LogP contribution in [0.25, 0.3) is 5.76 Å². The van der Waals surface area contributed by atoms with E-state index < -0.39 is 17.7 Å². The van der Waals surface area contributed by atoms with Gasteiger partial charge in [-0.3, -0.25) is 9.59 Å². The SMILES string of the molecule is CCOc1ccc(/C(O)=C2/C(=O)C(=O)N(CCCOC)C2c2ccco2)cc1. The number of hydrogen-bond donors (Lipinski definition) is 1. The number of Topliss-reactive ketones (excluding diaryl/α,β-unsaturated/α-hetero) is 1. The standard InChI is InChI=1S/C21H23NO6/c1-3-27-15-9-7-14(8-10-15)19(23)17-18(16-6-4-13-28-16)22(11-5-12-26-2)21(25)20(17)24/h4,6-10,13,18,23H,3,5,11-12H2,1-2H3/b19-17-. The number of carbonyl (C=O) groups excluding carboxylic acids is 2. The van der Waals surface area contributed by atoms with Crippen molar-refractivity contribution in [2.75, 3.05) is 26.9 Å². The number of furan rings is 1. The molecular formula is C21H23NO6. The van der Waals surface area contributed by atoms with Crippen molar-refractivity contribution >= 4 is 17.4 Å². The molecule has 3 rings (SSSR count). The largest absolute Gasteiger partial charge is 0.507 e. The van der Waals surface area contributed by atoms with Crippen molar-refractivity contribution in [3.05, 3.63) is 59.6 Å². The maximum Gasteiger partial charge on any atom is 0.295 e. The van der Waals surface area contributed by atoms with Gasteiger partial charge in [-0.25, -0.2) is 0 Å². The van der Waals surface area contributed by atoms with E-state index in [2.05, 4.69) is 0 Å². The molecule has 2 aromatic rings. The lowest BCUT2D eigenvalue weighted by molar-refractivity contribution is -0.140. The van der Waals surface area contributed by atoms with E-state index in [4.69, 9.17) is 13.9 Å². The number of likely N-dealkylation sites (tertiary alicyclic amines) is 1. The van der Waals surface area contributed by atoms with Crippen LogP contribution in [0, 0.1) is 0 Å². The van der Waals surface area contributed by atoms with Gasteiger partial charge in [0.25, 0.3) is 11.7 Å². The Labute approximate surface area is 163 Å². The number of nitrogens with zero attached hydrogens (tertiary/aromatic N) is 1. The second-order valence-electron chi connectivity index (χ2n) is 6.31. The van der Waals surface area contributed by atoms with Crippen LogP contribution in [0.15, 0.2) is 52.7 Å². The van der Waals surface area contributed by atoms with E-state index in [1.807, 2.05) is 6.92 Å². The third-order valence-corrected chi connectivity index (χ3v) is 4.54. The molecule has 28 heavy (non-hydrogen) atoms. The molecule has 1 saturated heterocycles. The second-order valence-corrected chi connectivity index (χ2v) is 6.31. The molecule has 1 aliphatic rings. The molecule has 0 saturated carbocycles. The summed E-state index contributed by atoms with van der Waals surface area (Å²) >= 11 is 0. The van der Waals surface area contributed by atoms with Crippen molar-refractivity contribution in [2.45, 2.75) is 19.4 Å². The minimum atomic E-state index is -0.779. The van der Waals surface area contributed by atoms with Gasteiger partial charge in [-0.1, -0.05) is 0 Å². The Bertz CT molecular complexity index is 854. The Hall–Kier alpha value is -3.06. The van der Waals surface area contributed by atoms with Crippen LogP contribution in [-0.2, 0) is 14.3 Å². The van der Waals surface area contributed by atoms with Crippen molar-refractivity contribution in [2.24, 2.45) is 0 Å². The Kier molecular flexibility index (Phi) is 6.16. The summed E-state index contributed by atoms with van der Waals surface area (Å²) < 4.78 is 15.9. The van der Waals surface area contributed by atoms with Crippen molar-refractivity contribution in [3.8, 4) is 5.75 Å². The van der Waals surface area contributed by atoms with Gasteiger partial charge in [0.1, 0.15) is 23.3 Å². The summed E-state index contributed by atoms with van der Waals surface area (Å²) in [4.78, 5) is 26.8. The molecule has 148 valence electrons. The number of carbonyl (C=O) groups is 2. The highest BCUT2D eigenvalue weighted by atomic mass is 16.5. The van der Waals surface area contributed by atoms with Gasteiger partial charge in [0.15, 0.2) is 0 Å². The maximum atomic E-state index is 12.7. The molecule has 1 unspecified atom stereocenters. The normalized spacial score (nSPS) is 18.6. The summed E-state index contributed by atoms with van der Waals surface area (Å²) in [5.74, 6) is -0.557. The van der Waals surface area contributed by atoms with Crippen LogP contribution < -0.4 is 4.74 Å². The Morgan fingerprint density at radius 1 is 1.21 bits per heavy atom. The van der Waals surface area contributed by atoms with Gasteiger partial charge in [-0.05, 0) is 49.7 Å². The zero-order valence-corrected chi connectivity index (χ0v) is 15.9. The molecular weight excluding hydrogens is 362 g/mol. The van der Waals surface area contributed by atoms with Crippen LogP contribution in [0.2, 0.25) is 0 Å². The number of methoxy groups -OCH3 is 1. The van der Waals surface area contributed by atoms with E-state index in [0.29, 0.717) is 43.3 Å². The highest BCUT2D eigenvalue weighted by molar-refractivity contribution is 6.46. The summed E-state index contributed by atoms with van der Waals surface area (Å²) in [6.45, 7) is 3.16. The Morgan fingerprint density at radius 2 is 1.96 bits per heavy atom. The quantitative estimate of drug-likeness (QED) is 0.325. The van der Waals surface area contributed by atoms with E-state index in [1.54, 1.807) is 43.5 Å². The van der Waals surface area contributed by atoms with Crippen molar-refractivity contribution in [3.63, 3.8) is 0 Å². The number of rotatable bonds is 8. The molecule has 2 heterocycles. The zero-order chi connectivity index (χ0) is 20.1. The van der Waals surface area contributed by atoms with Gasteiger partial charge in [-0.15, -0.1) is 0 Å². The van der Waals surface area contributed by atoms with Gasteiger partial charge >= 0.3 is 0 Å². The molecule has 1 aliphatic heterocycles. The molecule has 0 aliphatic carbocycles. The fraction of sp³-hybridized carbons (Fsp3) is 0.333. The molecule has 0 radical (unpaired) electrons. The monoisotopic (exact) mass is 385 g/mol. The molecule has 1 N–H and O–H groups in total. The smallest absolute Gasteiger partial charge is 0.295 e. The van der Waals surface area contributed by atoms with Crippen LogP contribution in [-0.4, -0.2) is 48.6 Å². The molecule has 0 bridgehead atoms. The lowest BCUT2D eigenvalue weighted by Crippen LogP contribution is -2.31. The predicted octanol–water partition coefficient (Wildman–Crippen LogP) is 3.14. The summed E-state index contributed by atoms with van der Waals surface area (Å²) in [6, 6.07) is 9.30. The summed E-state index contributed by atoms with van der Waals surface area (Å²) in [5, 5.41) is 10.9. The van der Waals surface area contributed by atoms with Crippen molar-refractivity contribution in [1.82, 2.24) is 4.90 Å². The number of aliphatic hydroxyl groups is 1. The van der Waals surface area contributed by atoms with Crippen LogP contribution in [0.5, 0.6) is 5.75 Å². The average Bonchev–Trinajstić information content (AvgIpc) is 3.31. The second kappa shape index (κ2) is 8.75. The third-order valence-electron chi connectivity index (χ3n) is 4.54. The van der Waals surface area contributed by atoms with Crippen LogP contribution in [0.4, 0.5) is 0 Å². The van der Waals surface area contributed by atoms with Crippen molar-refractivity contribution < 1.29 is 28.6 Å². The first-order valence-electron chi connectivity index (χ1n) is 9.12.